The van der Waals surface area contributed by atoms with E-state index in [1.54, 1.807) is 11.3 Å². The molecule has 0 radical (unpaired) electrons. The van der Waals surface area contributed by atoms with Gasteiger partial charge < -0.3 is 14.6 Å². The Balaban J connectivity index is 1.84. The molecule has 1 aliphatic rings. The molecule has 7 heteroatoms. The van der Waals surface area contributed by atoms with Gasteiger partial charge in [-0.05, 0) is 26.0 Å². The molecule has 1 atom stereocenters. The molecule has 0 amide bonds. The fraction of sp³-hybridized carbons (Fsp3) is 0.375. The van der Waals surface area contributed by atoms with Gasteiger partial charge in [-0.3, -0.25) is 0 Å². The lowest BCUT2D eigenvalue weighted by Crippen LogP contribution is -2.50. The molecule has 3 heterocycles. The molecule has 0 bridgehead atoms. The van der Waals surface area contributed by atoms with Gasteiger partial charge in [-0.2, -0.15) is 4.98 Å². The van der Waals surface area contributed by atoms with Crippen LogP contribution >= 0.6 is 22.9 Å². The number of fused-ring (bicyclic) bond motifs is 1. The Morgan fingerprint density at radius 1 is 1.39 bits per heavy atom. The van der Waals surface area contributed by atoms with Gasteiger partial charge in [0.05, 0.1) is 10.7 Å². The van der Waals surface area contributed by atoms with Crippen molar-refractivity contribution in [3.8, 4) is 11.3 Å². The molecule has 0 saturated carbocycles. The van der Waals surface area contributed by atoms with Crippen molar-refractivity contribution in [3.05, 3.63) is 27.5 Å². The summed E-state index contributed by atoms with van der Waals surface area (Å²) in [4.78, 5) is 11.4. The second-order valence-electron chi connectivity index (χ2n) is 5.80. The minimum atomic E-state index is 0.345. The summed E-state index contributed by atoms with van der Waals surface area (Å²) in [6.45, 7) is 6.90. The third kappa shape index (κ3) is 2.71. The lowest BCUT2D eigenvalue weighted by molar-refractivity contribution is 0.456. The molecular weight excluding hydrogens is 332 g/mol. The molecule has 4 rings (SSSR count). The molecule has 1 unspecified atom stereocenters. The van der Waals surface area contributed by atoms with Crippen molar-refractivity contribution in [2.24, 2.45) is 0 Å². The summed E-state index contributed by atoms with van der Waals surface area (Å²) in [6, 6.07) is 4.75. The molecule has 1 saturated heterocycles. The van der Waals surface area contributed by atoms with Crippen LogP contribution in [0.2, 0.25) is 5.02 Å². The fourth-order valence-corrected chi connectivity index (χ4v) is 3.74. The van der Waals surface area contributed by atoms with Crippen LogP contribution in [0.25, 0.3) is 22.4 Å². The van der Waals surface area contributed by atoms with Gasteiger partial charge in [0.15, 0.2) is 5.58 Å². The minimum absolute atomic E-state index is 0.345. The zero-order chi connectivity index (χ0) is 16.0. The number of hydrogen-bond donors (Lipinski definition) is 1. The largest absolute Gasteiger partial charge is 0.423 e. The van der Waals surface area contributed by atoms with Gasteiger partial charge in [-0.15, -0.1) is 11.3 Å². The Kier molecular flexibility index (Phi) is 3.75. The standard InChI is InChI=1S/C16H17ClN4OS/c1-9-7-18-3-4-21(9)16-20-13-6-11(17)5-12(15(13)22-16)14-8-23-10(2)19-14/h5-6,8-9,18H,3-4,7H2,1-2H3. The molecule has 0 spiro atoms. The number of nitrogens with zero attached hydrogens (tertiary/aromatic N) is 3. The molecule has 5 nitrogen and oxygen atoms in total. The average molecular weight is 349 g/mol. The van der Waals surface area contributed by atoms with Crippen molar-refractivity contribution in [2.45, 2.75) is 19.9 Å². The molecule has 23 heavy (non-hydrogen) atoms. The topological polar surface area (TPSA) is 54.2 Å². The molecule has 1 fully saturated rings. The molecule has 0 aliphatic carbocycles. The fourth-order valence-electron chi connectivity index (χ4n) is 2.91. The summed E-state index contributed by atoms with van der Waals surface area (Å²) < 4.78 is 6.12. The number of oxazole rings is 1. The van der Waals surface area contributed by atoms with Crippen LogP contribution in [0.3, 0.4) is 0 Å². The highest BCUT2D eigenvalue weighted by atomic mass is 35.5. The van der Waals surface area contributed by atoms with Crippen LogP contribution in [0.1, 0.15) is 11.9 Å². The molecule has 1 aliphatic heterocycles. The van der Waals surface area contributed by atoms with Crippen LogP contribution in [0, 0.1) is 6.92 Å². The summed E-state index contributed by atoms with van der Waals surface area (Å²) in [6.07, 6.45) is 0. The number of piperazine rings is 1. The van der Waals surface area contributed by atoms with Crippen LogP contribution in [0.15, 0.2) is 21.9 Å². The maximum atomic E-state index is 6.27. The van der Waals surface area contributed by atoms with E-state index in [1.807, 2.05) is 24.4 Å². The van der Waals surface area contributed by atoms with E-state index in [0.29, 0.717) is 17.1 Å². The van der Waals surface area contributed by atoms with Crippen LogP contribution < -0.4 is 10.2 Å². The highest BCUT2D eigenvalue weighted by Crippen LogP contribution is 2.35. The van der Waals surface area contributed by atoms with E-state index in [4.69, 9.17) is 16.0 Å². The Labute approximate surface area is 143 Å². The third-order valence-corrected chi connectivity index (χ3v) is 5.08. The lowest BCUT2D eigenvalue weighted by Gasteiger charge is -2.32. The maximum absolute atomic E-state index is 6.27. The van der Waals surface area contributed by atoms with Crippen molar-refractivity contribution in [3.63, 3.8) is 0 Å². The first-order chi connectivity index (χ1) is 11.1. The first kappa shape index (κ1) is 14.9. The van der Waals surface area contributed by atoms with Gasteiger partial charge in [0.25, 0.3) is 6.01 Å². The van der Waals surface area contributed by atoms with Crippen LogP contribution in [0.5, 0.6) is 0 Å². The number of anilines is 1. The average Bonchev–Trinajstić information content (AvgIpc) is 3.13. The monoisotopic (exact) mass is 348 g/mol. The summed E-state index contributed by atoms with van der Waals surface area (Å²) in [5, 5.41) is 7.06. The van der Waals surface area contributed by atoms with Gasteiger partial charge in [0.2, 0.25) is 0 Å². The molecule has 2 aromatic heterocycles. The Bertz CT molecular complexity index is 859. The van der Waals surface area contributed by atoms with Crippen molar-refractivity contribution >= 4 is 40.1 Å². The van der Waals surface area contributed by atoms with E-state index in [-0.39, 0.29) is 0 Å². The van der Waals surface area contributed by atoms with Crippen molar-refractivity contribution < 1.29 is 4.42 Å². The van der Waals surface area contributed by atoms with E-state index in [1.165, 1.54) is 0 Å². The van der Waals surface area contributed by atoms with Gasteiger partial charge >= 0.3 is 0 Å². The van der Waals surface area contributed by atoms with E-state index in [2.05, 4.69) is 27.1 Å². The van der Waals surface area contributed by atoms with Crippen molar-refractivity contribution in [1.82, 2.24) is 15.3 Å². The smallest absolute Gasteiger partial charge is 0.298 e. The molecular formula is C16H17ClN4OS. The Hall–Kier alpha value is -1.63. The normalized spacial score (nSPS) is 18.7. The van der Waals surface area contributed by atoms with Crippen molar-refractivity contribution in [2.75, 3.05) is 24.5 Å². The maximum Gasteiger partial charge on any atom is 0.298 e. The van der Waals surface area contributed by atoms with E-state index in [9.17, 15) is 0 Å². The van der Waals surface area contributed by atoms with Gasteiger partial charge in [0.1, 0.15) is 5.52 Å². The lowest BCUT2D eigenvalue weighted by atomic mass is 10.1. The van der Waals surface area contributed by atoms with Crippen LogP contribution in [0.4, 0.5) is 6.01 Å². The minimum Gasteiger partial charge on any atom is -0.423 e. The second kappa shape index (κ2) is 5.78. The van der Waals surface area contributed by atoms with E-state index < -0.39 is 0 Å². The summed E-state index contributed by atoms with van der Waals surface area (Å²) >= 11 is 7.89. The quantitative estimate of drug-likeness (QED) is 0.765. The van der Waals surface area contributed by atoms with E-state index in [0.717, 1.165) is 47.0 Å². The third-order valence-electron chi connectivity index (χ3n) is 4.09. The first-order valence-electron chi connectivity index (χ1n) is 7.62. The summed E-state index contributed by atoms with van der Waals surface area (Å²) in [5.74, 6) is 0. The predicted octanol–water partition coefficient (Wildman–Crippen LogP) is 3.71. The first-order valence-corrected chi connectivity index (χ1v) is 8.87. The van der Waals surface area contributed by atoms with Gasteiger partial charge in [-0.1, -0.05) is 11.6 Å². The predicted molar refractivity (Wildman–Crippen MR) is 94.5 cm³/mol. The molecule has 1 N–H and O–H groups in total. The SMILES string of the molecule is Cc1nc(-c2cc(Cl)cc3nc(N4CCNCC4C)oc23)cs1. The summed E-state index contributed by atoms with van der Waals surface area (Å²) in [7, 11) is 0. The van der Waals surface area contributed by atoms with Crippen LogP contribution in [-0.2, 0) is 0 Å². The van der Waals surface area contributed by atoms with Gasteiger partial charge in [-0.25, -0.2) is 4.98 Å². The van der Waals surface area contributed by atoms with Crippen molar-refractivity contribution in [1.29, 1.82) is 0 Å². The van der Waals surface area contributed by atoms with Crippen LogP contribution in [-0.4, -0.2) is 35.6 Å². The number of halogens is 1. The Morgan fingerprint density at radius 2 is 2.26 bits per heavy atom. The number of benzene rings is 1. The molecule has 3 aromatic rings. The zero-order valence-corrected chi connectivity index (χ0v) is 14.5. The molecule has 120 valence electrons. The highest BCUT2D eigenvalue weighted by molar-refractivity contribution is 7.09. The zero-order valence-electron chi connectivity index (χ0n) is 13.0. The number of rotatable bonds is 2. The second-order valence-corrected chi connectivity index (χ2v) is 7.30. The highest BCUT2D eigenvalue weighted by Gasteiger charge is 2.24. The number of thiazole rings is 1. The molecule has 1 aromatic carbocycles. The number of aryl methyl sites for hydroxylation is 1. The number of nitrogens with one attached hydrogen (secondary N) is 1. The van der Waals surface area contributed by atoms with E-state index >= 15 is 0 Å². The number of hydrogen-bond acceptors (Lipinski definition) is 6. The Morgan fingerprint density at radius 3 is 3.00 bits per heavy atom. The number of aromatic nitrogens is 2. The summed E-state index contributed by atoms with van der Waals surface area (Å²) in [5.41, 5.74) is 3.31. The van der Waals surface area contributed by atoms with Gasteiger partial charge in [0, 0.05) is 41.6 Å².